The van der Waals surface area contributed by atoms with Crippen molar-refractivity contribution in [1.29, 1.82) is 0 Å². The number of para-hydroxylation sites is 1. The normalized spacial score (nSPS) is 18.2. The highest BCUT2D eigenvalue weighted by Crippen LogP contribution is 2.37. The van der Waals surface area contributed by atoms with E-state index in [2.05, 4.69) is 5.32 Å². The summed E-state index contributed by atoms with van der Waals surface area (Å²) in [5.74, 6) is 1.55. The highest BCUT2D eigenvalue weighted by Gasteiger charge is 2.33. The van der Waals surface area contributed by atoms with E-state index >= 15 is 0 Å². The number of carbonyl (C=O) groups is 2. The van der Waals surface area contributed by atoms with Gasteiger partial charge in [-0.15, -0.1) is 0 Å². The number of anilines is 2. The van der Waals surface area contributed by atoms with Gasteiger partial charge in [-0.25, -0.2) is 0 Å². The third-order valence-corrected chi connectivity index (χ3v) is 4.92. The molecular formula is C22H24N2O4. The molecule has 1 N–H and O–H groups in total. The SMILES string of the molecule is CC1Oc2ccc(NC(=O)C3CC3)cc2N(CCCOc2ccccc2)C1=O. The zero-order valence-corrected chi connectivity index (χ0v) is 15.9. The van der Waals surface area contributed by atoms with Gasteiger partial charge < -0.3 is 19.7 Å². The number of hydrogen-bond acceptors (Lipinski definition) is 4. The van der Waals surface area contributed by atoms with Crippen molar-refractivity contribution < 1.29 is 19.1 Å². The number of nitrogens with one attached hydrogen (secondary N) is 1. The number of amides is 2. The quantitative estimate of drug-likeness (QED) is 0.745. The summed E-state index contributed by atoms with van der Waals surface area (Å²) >= 11 is 0. The number of rotatable bonds is 7. The molecule has 2 aromatic carbocycles. The molecule has 146 valence electrons. The van der Waals surface area contributed by atoms with Gasteiger partial charge in [-0.3, -0.25) is 9.59 Å². The van der Waals surface area contributed by atoms with Gasteiger partial charge in [-0.1, -0.05) is 18.2 Å². The third-order valence-electron chi connectivity index (χ3n) is 4.92. The van der Waals surface area contributed by atoms with Crippen molar-refractivity contribution in [3.63, 3.8) is 0 Å². The maximum absolute atomic E-state index is 12.7. The van der Waals surface area contributed by atoms with E-state index in [0.29, 0.717) is 36.7 Å². The van der Waals surface area contributed by atoms with Crippen molar-refractivity contribution in [2.75, 3.05) is 23.4 Å². The smallest absolute Gasteiger partial charge is 0.267 e. The van der Waals surface area contributed by atoms with E-state index in [4.69, 9.17) is 9.47 Å². The van der Waals surface area contributed by atoms with Crippen LogP contribution in [-0.2, 0) is 9.59 Å². The molecule has 0 spiro atoms. The molecule has 2 amide bonds. The Morgan fingerprint density at radius 3 is 2.75 bits per heavy atom. The highest BCUT2D eigenvalue weighted by atomic mass is 16.5. The van der Waals surface area contributed by atoms with Crippen molar-refractivity contribution in [1.82, 2.24) is 0 Å². The van der Waals surface area contributed by atoms with E-state index < -0.39 is 6.10 Å². The number of fused-ring (bicyclic) bond motifs is 1. The number of benzene rings is 2. The number of hydrogen-bond donors (Lipinski definition) is 1. The molecule has 1 heterocycles. The molecule has 1 fully saturated rings. The predicted molar refractivity (Wildman–Crippen MR) is 107 cm³/mol. The Bertz CT molecular complexity index is 864. The second-order valence-electron chi connectivity index (χ2n) is 7.21. The van der Waals surface area contributed by atoms with Crippen LogP contribution >= 0.6 is 0 Å². The average Bonchev–Trinajstić information content (AvgIpc) is 3.54. The van der Waals surface area contributed by atoms with Crippen molar-refractivity contribution in [2.45, 2.75) is 32.3 Å². The van der Waals surface area contributed by atoms with E-state index in [0.717, 1.165) is 18.6 Å². The topological polar surface area (TPSA) is 67.9 Å². The Balaban J connectivity index is 1.43. The summed E-state index contributed by atoms with van der Waals surface area (Å²) in [6.07, 6.45) is 2.05. The Hall–Kier alpha value is -3.02. The van der Waals surface area contributed by atoms with Crippen LogP contribution in [0.25, 0.3) is 0 Å². The summed E-state index contributed by atoms with van der Waals surface area (Å²) in [6.45, 7) is 2.78. The molecule has 1 saturated carbocycles. The van der Waals surface area contributed by atoms with Gasteiger partial charge in [0.1, 0.15) is 11.5 Å². The van der Waals surface area contributed by atoms with Crippen LogP contribution in [0.3, 0.4) is 0 Å². The second kappa shape index (κ2) is 7.92. The molecule has 2 aromatic rings. The van der Waals surface area contributed by atoms with Crippen LogP contribution < -0.4 is 19.7 Å². The van der Waals surface area contributed by atoms with Crippen molar-refractivity contribution in [3.05, 3.63) is 48.5 Å². The highest BCUT2D eigenvalue weighted by molar-refractivity contribution is 6.01. The minimum absolute atomic E-state index is 0.0409. The summed E-state index contributed by atoms with van der Waals surface area (Å²) in [5.41, 5.74) is 1.38. The fourth-order valence-electron chi connectivity index (χ4n) is 3.23. The average molecular weight is 380 g/mol. The van der Waals surface area contributed by atoms with Gasteiger partial charge in [0, 0.05) is 18.2 Å². The molecule has 1 unspecified atom stereocenters. The minimum Gasteiger partial charge on any atom is -0.494 e. The molecule has 1 aliphatic heterocycles. The lowest BCUT2D eigenvalue weighted by molar-refractivity contribution is -0.125. The Morgan fingerprint density at radius 2 is 2.00 bits per heavy atom. The molecule has 0 saturated heterocycles. The summed E-state index contributed by atoms with van der Waals surface area (Å²) in [4.78, 5) is 26.5. The first-order chi connectivity index (χ1) is 13.6. The first kappa shape index (κ1) is 18.3. The van der Waals surface area contributed by atoms with Crippen LogP contribution in [0, 0.1) is 5.92 Å². The first-order valence-corrected chi connectivity index (χ1v) is 9.72. The fourth-order valence-corrected chi connectivity index (χ4v) is 3.23. The summed E-state index contributed by atoms with van der Waals surface area (Å²) in [7, 11) is 0. The van der Waals surface area contributed by atoms with Crippen LogP contribution in [0.2, 0.25) is 0 Å². The summed E-state index contributed by atoms with van der Waals surface area (Å²) in [6, 6.07) is 15.1. The molecular weight excluding hydrogens is 356 g/mol. The molecule has 6 heteroatoms. The predicted octanol–water partition coefficient (Wildman–Crippen LogP) is 3.62. The van der Waals surface area contributed by atoms with Gasteiger partial charge in [0.25, 0.3) is 5.91 Å². The molecule has 28 heavy (non-hydrogen) atoms. The Morgan fingerprint density at radius 1 is 1.21 bits per heavy atom. The van der Waals surface area contributed by atoms with E-state index in [1.54, 1.807) is 11.8 Å². The van der Waals surface area contributed by atoms with Gasteiger partial charge in [0.05, 0.1) is 12.3 Å². The maximum Gasteiger partial charge on any atom is 0.267 e. The zero-order chi connectivity index (χ0) is 19.5. The van der Waals surface area contributed by atoms with Crippen LogP contribution in [0.5, 0.6) is 11.5 Å². The maximum atomic E-state index is 12.7. The minimum atomic E-state index is -0.533. The molecule has 0 radical (unpaired) electrons. The molecule has 6 nitrogen and oxygen atoms in total. The second-order valence-corrected chi connectivity index (χ2v) is 7.21. The van der Waals surface area contributed by atoms with Crippen LogP contribution in [0.15, 0.2) is 48.5 Å². The number of ether oxygens (including phenoxy) is 2. The van der Waals surface area contributed by atoms with Gasteiger partial charge in [-0.05, 0) is 56.5 Å². The van der Waals surface area contributed by atoms with E-state index in [1.807, 2.05) is 48.5 Å². The largest absolute Gasteiger partial charge is 0.494 e. The lowest BCUT2D eigenvalue weighted by atomic mass is 10.1. The molecule has 0 bridgehead atoms. The van der Waals surface area contributed by atoms with E-state index in [-0.39, 0.29) is 17.7 Å². The summed E-state index contributed by atoms with van der Waals surface area (Å²) in [5, 5.41) is 2.93. The number of carbonyl (C=O) groups excluding carboxylic acids is 2. The molecule has 4 rings (SSSR count). The summed E-state index contributed by atoms with van der Waals surface area (Å²) < 4.78 is 11.5. The van der Waals surface area contributed by atoms with Crippen molar-refractivity contribution >= 4 is 23.2 Å². The van der Waals surface area contributed by atoms with Gasteiger partial charge in [-0.2, -0.15) is 0 Å². The molecule has 0 aromatic heterocycles. The van der Waals surface area contributed by atoms with Crippen molar-refractivity contribution in [2.24, 2.45) is 5.92 Å². The van der Waals surface area contributed by atoms with Gasteiger partial charge in [0.15, 0.2) is 6.10 Å². The van der Waals surface area contributed by atoms with E-state index in [1.165, 1.54) is 0 Å². The standard InChI is InChI=1S/C22H24N2O4/c1-15-22(26)24(12-5-13-27-18-6-3-2-4-7-18)19-14-17(10-11-20(19)28-15)23-21(25)16-8-9-16/h2-4,6-7,10-11,14-16H,5,8-9,12-13H2,1H3,(H,23,25). The fraction of sp³-hybridized carbons (Fsp3) is 0.364. The lowest BCUT2D eigenvalue weighted by Gasteiger charge is -2.33. The van der Waals surface area contributed by atoms with Crippen LogP contribution in [-0.4, -0.2) is 31.1 Å². The first-order valence-electron chi connectivity index (χ1n) is 9.72. The third kappa shape index (κ3) is 4.11. The number of nitrogens with zero attached hydrogens (tertiary/aromatic N) is 1. The van der Waals surface area contributed by atoms with Gasteiger partial charge >= 0.3 is 0 Å². The van der Waals surface area contributed by atoms with Gasteiger partial charge in [0.2, 0.25) is 5.91 Å². The Kier molecular flexibility index (Phi) is 5.19. The molecule has 2 aliphatic rings. The monoisotopic (exact) mass is 380 g/mol. The molecule has 1 atom stereocenters. The molecule has 1 aliphatic carbocycles. The zero-order valence-electron chi connectivity index (χ0n) is 15.9. The lowest BCUT2D eigenvalue weighted by Crippen LogP contribution is -2.45. The van der Waals surface area contributed by atoms with Crippen LogP contribution in [0.1, 0.15) is 26.2 Å². The van der Waals surface area contributed by atoms with Crippen molar-refractivity contribution in [3.8, 4) is 11.5 Å². The Labute approximate surface area is 164 Å². The van der Waals surface area contributed by atoms with E-state index in [9.17, 15) is 9.59 Å². The van der Waals surface area contributed by atoms with Crippen LogP contribution in [0.4, 0.5) is 11.4 Å².